The highest BCUT2D eigenvalue weighted by atomic mass is 32.1. The maximum atomic E-state index is 5.99. The quantitative estimate of drug-likeness (QED) is 0.854. The Morgan fingerprint density at radius 1 is 1.38 bits per heavy atom. The molecule has 21 heavy (non-hydrogen) atoms. The fraction of sp³-hybridized carbons (Fsp3) is 0.438. The minimum atomic E-state index is 0.155. The van der Waals surface area contributed by atoms with E-state index in [0.717, 1.165) is 18.0 Å². The van der Waals surface area contributed by atoms with Gasteiger partial charge in [0.05, 0.1) is 17.3 Å². The van der Waals surface area contributed by atoms with Gasteiger partial charge < -0.3 is 10.5 Å². The van der Waals surface area contributed by atoms with E-state index in [9.17, 15) is 0 Å². The number of rotatable bonds is 7. The van der Waals surface area contributed by atoms with Crippen molar-refractivity contribution >= 4 is 11.3 Å². The molecular formula is C16H23N3OS. The van der Waals surface area contributed by atoms with Gasteiger partial charge in [0.2, 0.25) is 0 Å². The highest BCUT2D eigenvalue weighted by Gasteiger charge is 2.17. The molecule has 1 atom stereocenters. The molecule has 0 spiro atoms. The fourth-order valence-electron chi connectivity index (χ4n) is 2.32. The molecule has 0 aliphatic heterocycles. The van der Waals surface area contributed by atoms with Crippen LogP contribution in [0.3, 0.4) is 0 Å². The molecule has 2 aromatic rings. The average molecular weight is 305 g/mol. The lowest BCUT2D eigenvalue weighted by Gasteiger charge is -2.27. The van der Waals surface area contributed by atoms with E-state index in [1.54, 1.807) is 11.3 Å². The lowest BCUT2D eigenvalue weighted by atomic mass is 10.1. The molecule has 4 nitrogen and oxygen atoms in total. The summed E-state index contributed by atoms with van der Waals surface area (Å²) >= 11 is 1.62. The van der Waals surface area contributed by atoms with E-state index in [1.807, 2.05) is 31.5 Å². The number of hydrogen-bond donors (Lipinski definition) is 1. The van der Waals surface area contributed by atoms with Gasteiger partial charge in [-0.3, -0.25) is 4.90 Å². The lowest BCUT2D eigenvalue weighted by Crippen LogP contribution is -2.30. The van der Waals surface area contributed by atoms with Crippen LogP contribution in [0.1, 0.15) is 31.1 Å². The molecule has 1 aromatic heterocycles. The van der Waals surface area contributed by atoms with Crippen LogP contribution in [0, 0.1) is 0 Å². The van der Waals surface area contributed by atoms with E-state index in [-0.39, 0.29) is 12.1 Å². The Morgan fingerprint density at radius 2 is 2.19 bits per heavy atom. The van der Waals surface area contributed by atoms with Gasteiger partial charge in [-0.1, -0.05) is 12.1 Å². The Bertz CT molecular complexity index is 542. The maximum Gasteiger partial charge on any atom is 0.120 e. The summed E-state index contributed by atoms with van der Waals surface area (Å²) < 4.78 is 5.77. The second kappa shape index (κ2) is 7.54. The minimum Gasteiger partial charge on any atom is -0.491 e. The van der Waals surface area contributed by atoms with Crippen LogP contribution in [0.15, 0.2) is 35.2 Å². The molecule has 1 unspecified atom stereocenters. The summed E-state index contributed by atoms with van der Waals surface area (Å²) in [6, 6.07) is 8.34. The average Bonchev–Trinajstić information content (AvgIpc) is 2.92. The van der Waals surface area contributed by atoms with E-state index in [1.165, 1.54) is 5.56 Å². The molecule has 1 aromatic carbocycles. The van der Waals surface area contributed by atoms with E-state index < -0.39 is 0 Å². The Balaban J connectivity index is 2.12. The zero-order valence-corrected chi connectivity index (χ0v) is 13.6. The van der Waals surface area contributed by atoms with Crippen LogP contribution >= 0.6 is 11.3 Å². The van der Waals surface area contributed by atoms with Crippen molar-refractivity contribution in [2.75, 3.05) is 13.6 Å². The van der Waals surface area contributed by atoms with Gasteiger partial charge in [0, 0.05) is 24.5 Å². The Morgan fingerprint density at radius 3 is 2.81 bits per heavy atom. The zero-order chi connectivity index (χ0) is 15.2. The van der Waals surface area contributed by atoms with Crippen LogP contribution in [0.25, 0.3) is 0 Å². The highest BCUT2D eigenvalue weighted by molar-refractivity contribution is 7.07. The Labute approximate surface area is 130 Å². The van der Waals surface area contributed by atoms with Crippen molar-refractivity contribution in [1.82, 2.24) is 9.88 Å². The number of nitrogens with zero attached hydrogens (tertiary/aromatic N) is 2. The second-order valence-corrected chi connectivity index (χ2v) is 6.10. The molecule has 0 fully saturated rings. The van der Waals surface area contributed by atoms with Gasteiger partial charge in [0.15, 0.2) is 0 Å². The summed E-state index contributed by atoms with van der Waals surface area (Å²) in [6.45, 7) is 5.41. The van der Waals surface area contributed by atoms with Crippen molar-refractivity contribution in [1.29, 1.82) is 0 Å². The largest absolute Gasteiger partial charge is 0.491 e. The molecule has 0 bridgehead atoms. The summed E-state index contributed by atoms with van der Waals surface area (Å²) in [5.41, 5.74) is 10.1. The standard InChI is InChI=1S/C16H23N3OS/c1-12(2)20-15-6-4-5-13(7-15)16(8-17)19(3)9-14-10-21-11-18-14/h4-7,10-12,16H,8-9,17H2,1-3H3. The summed E-state index contributed by atoms with van der Waals surface area (Å²) in [5.74, 6) is 0.892. The molecule has 0 saturated carbocycles. The van der Waals surface area contributed by atoms with Crippen LogP contribution in [0.5, 0.6) is 5.75 Å². The van der Waals surface area contributed by atoms with E-state index in [2.05, 4.69) is 34.4 Å². The number of benzene rings is 1. The second-order valence-electron chi connectivity index (χ2n) is 5.39. The third-order valence-electron chi connectivity index (χ3n) is 3.26. The van der Waals surface area contributed by atoms with Crippen LogP contribution in [0.2, 0.25) is 0 Å². The topological polar surface area (TPSA) is 51.4 Å². The van der Waals surface area contributed by atoms with Crippen molar-refractivity contribution in [2.24, 2.45) is 5.73 Å². The van der Waals surface area contributed by atoms with Gasteiger partial charge in [-0.2, -0.15) is 0 Å². The summed E-state index contributed by atoms with van der Waals surface area (Å²) in [5, 5.41) is 2.07. The van der Waals surface area contributed by atoms with E-state index >= 15 is 0 Å². The molecule has 0 radical (unpaired) electrons. The van der Waals surface area contributed by atoms with E-state index in [4.69, 9.17) is 10.5 Å². The van der Waals surface area contributed by atoms with Gasteiger partial charge in [-0.25, -0.2) is 4.98 Å². The minimum absolute atomic E-state index is 0.155. The molecule has 0 aliphatic carbocycles. The lowest BCUT2D eigenvalue weighted by molar-refractivity contribution is 0.232. The first-order valence-electron chi connectivity index (χ1n) is 7.14. The smallest absolute Gasteiger partial charge is 0.120 e. The first kappa shape index (κ1) is 15.9. The molecule has 2 rings (SSSR count). The van der Waals surface area contributed by atoms with Crippen molar-refractivity contribution in [3.05, 3.63) is 46.4 Å². The molecule has 0 amide bonds. The van der Waals surface area contributed by atoms with Crippen molar-refractivity contribution in [3.8, 4) is 5.75 Å². The Hall–Kier alpha value is -1.43. The van der Waals surface area contributed by atoms with E-state index in [0.29, 0.717) is 6.54 Å². The first-order valence-corrected chi connectivity index (χ1v) is 8.08. The number of likely N-dealkylation sites (N-methyl/N-ethyl adjacent to an activating group) is 1. The van der Waals surface area contributed by atoms with Crippen molar-refractivity contribution < 1.29 is 4.74 Å². The van der Waals surface area contributed by atoms with Gasteiger partial charge in [0.25, 0.3) is 0 Å². The number of hydrogen-bond acceptors (Lipinski definition) is 5. The summed E-state index contributed by atoms with van der Waals surface area (Å²) in [6.07, 6.45) is 0.171. The zero-order valence-electron chi connectivity index (χ0n) is 12.8. The maximum absolute atomic E-state index is 5.99. The van der Waals surface area contributed by atoms with Gasteiger partial charge in [-0.15, -0.1) is 11.3 Å². The first-order chi connectivity index (χ1) is 10.1. The van der Waals surface area contributed by atoms with Crippen LogP contribution in [0.4, 0.5) is 0 Å². The third-order valence-corrected chi connectivity index (χ3v) is 3.90. The normalized spacial score (nSPS) is 12.9. The van der Waals surface area contributed by atoms with Crippen LogP contribution < -0.4 is 10.5 Å². The predicted molar refractivity (Wildman–Crippen MR) is 87.6 cm³/mol. The van der Waals surface area contributed by atoms with Gasteiger partial charge in [-0.05, 0) is 38.6 Å². The molecular weight excluding hydrogens is 282 g/mol. The summed E-state index contributed by atoms with van der Waals surface area (Å²) in [7, 11) is 2.08. The number of nitrogens with two attached hydrogens (primary N) is 1. The SMILES string of the molecule is CC(C)Oc1cccc(C(CN)N(C)Cc2cscn2)c1. The molecule has 0 aliphatic rings. The van der Waals surface area contributed by atoms with Crippen LogP contribution in [-0.2, 0) is 6.54 Å². The molecule has 0 saturated heterocycles. The Kier molecular flexibility index (Phi) is 5.73. The monoisotopic (exact) mass is 305 g/mol. The molecule has 5 heteroatoms. The molecule has 1 heterocycles. The highest BCUT2D eigenvalue weighted by Crippen LogP contribution is 2.24. The number of aromatic nitrogens is 1. The summed E-state index contributed by atoms with van der Waals surface area (Å²) in [4.78, 5) is 6.56. The van der Waals surface area contributed by atoms with Gasteiger partial charge >= 0.3 is 0 Å². The third kappa shape index (κ3) is 4.52. The van der Waals surface area contributed by atoms with Crippen LogP contribution in [-0.4, -0.2) is 29.6 Å². The number of ether oxygens (including phenoxy) is 1. The van der Waals surface area contributed by atoms with Crippen molar-refractivity contribution in [2.45, 2.75) is 32.5 Å². The molecule has 2 N–H and O–H groups in total. The molecule has 114 valence electrons. The number of thiazole rings is 1. The van der Waals surface area contributed by atoms with Crippen molar-refractivity contribution in [3.63, 3.8) is 0 Å². The fourth-order valence-corrected chi connectivity index (χ4v) is 2.87. The van der Waals surface area contributed by atoms with Gasteiger partial charge in [0.1, 0.15) is 5.75 Å². The predicted octanol–water partition coefficient (Wildman–Crippen LogP) is 3.06.